The first-order valence-electron chi connectivity index (χ1n) is 21.5. The average molecular weight is 837 g/mol. The van der Waals surface area contributed by atoms with Crippen molar-refractivity contribution in [2.45, 2.75) is 123 Å². The van der Waals surface area contributed by atoms with Crippen molar-refractivity contribution in [3.05, 3.63) is 69.0 Å². The van der Waals surface area contributed by atoms with Gasteiger partial charge in [0.05, 0.1) is 22.7 Å². The molecule has 1 atom stereocenters. The molecular weight excluding hydrogens is 784 g/mol. The van der Waals surface area contributed by atoms with Crippen LogP contribution in [0.5, 0.6) is 5.75 Å². The second-order valence-corrected chi connectivity index (χ2v) is 20.3. The van der Waals surface area contributed by atoms with Gasteiger partial charge in [0.15, 0.2) is 0 Å². The Morgan fingerprint density at radius 1 is 0.867 bits per heavy atom. The number of carbonyl (C=O) groups is 6. The molecule has 6 amide bonds. The molecule has 4 aliphatic heterocycles. The third kappa shape index (κ3) is 6.43. The van der Waals surface area contributed by atoms with E-state index in [4.69, 9.17) is 22.9 Å². The highest BCUT2D eigenvalue weighted by atomic mass is 35.5. The first kappa shape index (κ1) is 40.6. The number of ether oxygens (including phenoxy) is 1. The topological polar surface area (TPSA) is 150 Å². The van der Waals surface area contributed by atoms with Crippen LogP contribution in [0.3, 0.4) is 0 Å². The van der Waals surface area contributed by atoms with Crippen molar-refractivity contribution in [2.24, 2.45) is 27.6 Å². The average Bonchev–Trinajstić information content (AvgIpc) is 3.73. The van der Waals surface area contributed by atoms with Gasteiger partial charge >= 0.3 is 0 Å². The number of benzene rings is 2. The molecule has 316 valence electrons. The van der Waals surface area contributed by atoms with E-state index in [1.807, 2.05) is 12.1 Å². The van der Waals surface area contributed by atoms with E-state index in [9.17, 15) is 28.8 Å². The molecule has 2 aromatic carbocycles. The van der Waals surface area contributed by atoms with Crippen LogP contribution in [-0.4, -0.2) is 88.0 Å². The third-order valence-corrected chi connectivity index (χ3v) is 15.9. The van der Waals surface area contributed by atoms with Crippen molar-refractivity contribution in [3.8, 4) is 5.75 Å². The van der Waals surface area contributed by atoms with Crippen molar-refractivity contribution >= 4 is 52.7 Å². The predicted molar refractivity (Wildman–Crippen MR) is 221 cm³/mol. The maximum Gasteiger partial charge on any atom is 0.262 e. The highest BCUT2D eigenvalue weighted by molar-refractivity contribution is 6.33. The summed E-state index contributed by atoms with van der Waals surface area (Å²) in [7, 11) is 0. The summed E-state index contributed by atoms with van der Waals surface area (Å²) >= 11 is 6.29. The van der Waals surface area contributed by atoms with Gasteiger partial charge in [0.1, 0.15) is 17.9 Å². The molecule has 60 heavy (non-hydrogen) atoms. The number of nitrogens with zero attached hydrogens (tertiary/aromatic N) is 4. The van der Waals surface area contributed by atoms with E-state index >= 15 is 0 Å². The summed E-state index contributed by atoms with van der Waals surface area (Å²) in [6, 6.07) is 7.66. The summed E-state index contributed by atoms with van der Waals surface area (Å²) in [4.78, 5) is 88.2. The molecule has 14 heteroatoms. The minimum Gasteiger partial charge on any atom is -0.489 e. The number of fused-ring (bicyclic) bond motifs is 5. The molecule has 2 aromatic rings. The first-order valence-corrected chi connectivity index (χ1v) is 21.9. The molecule has 6 fully saturated rings. The monoisotopic (exact) mass is 836 g/mol. The Kier molecular flexibility index (Phi) is 9.75. The van der Waals surface area contributed by atoms with Crippen LogP contribution in [0, 0.1) is 34.2 Å². The zero-order valence-electron chi connectivity index (χ0n) is 34.8. The van der Waals surface area contributed by atoms with Gasteiger partial charge in [-0.15, -0.1) is 0 Å². The molecule has 2 bridgehead atoms. The lowest BCUT2D eigenvalue weighted by molar-refractivity contribution is -0.181. The Bertz CT molecular complexity index is 2190. The zero-order chi connectivity index (χ0) is 42.5. The molecular formula is C46H53ClN6O7. The van der Waals surface area contributed by atoms with Gasteiger partial charge in [-0.1, -0.05) is 45.4 Å². The maximum absolute atomic E-state index is 14.2. The molecule has 0 aromatic heterocycles. The van der Waals surface area contributed by atoms with Gasteiger partial charge in [-0.05, 0) is 99.1 Å². The van der Waals surface area contributed by atoms with E-state index in [1.54, 1.807) is 18.2 Å². The van der Waals surface area contributed by atoms with Gasteiger partial charge in [-0.25, -0.2) is 4.85 Å². The number of piperidine rings is 2. The summed E-state index contributed by atoms with van der Waals surface area (Å²) in [6.07, 6.45) is 6.20. The van der Waals surface area contributed by atoms with Gasteiger partial charge < -0.3 is 15.0 Å². The standard InChI is InChI=1S/C46H53ClN6O7/c1-43(2)39(44(3,4)40(43)60-29-6-7-33(48-5)32(47)22-29)50-41(58)45-12-15-46(16-13-45,17-14-45)42(59)52-18-10-26(11-19-52)23-51-24-27-20-30-31(21-28(27)25-51)38(57)53(37(30)56)34-8-9-35(54)49-36(34)55/h6-7,20-22,26,34,39-40H,8-19,23-25H2,1-4H3,(H,50,58)(H,49,54,55). The quantitative estimate of drug-likeness (QED) is 0.237. The molecule has 4 aliphatic carbocycles. The van der Waals surface area contributed by atoms with Crippen molar-refractivity contribution in [1.29, 1.82) is 0 Å². The number of halogens is 1. The maximum atomic E-state index is 14.2. The van der Waals surface area contributed by atoms with E-state index in [0.717, 1.165) is 67.8 Å². The molecule has 1 unspecified atom stereocenters. The smallest absolute Gasteiger partial charge is 0.262 e. The number of likely N-dealkylation sites (tertiary alicyclic amines) is 1. The normalized spacial score (nSPS) is 30.6. The molecule has 4 heterocycles. The second kappa shape index (κ2) is 14.4. The summed E-state index contributed by atoms with van der Waals surface area (Å²) < 4.78 is 6.45. The van der Waals surface area contributed by atoms with Crippen LogP contribution in [0.4, 0.5) is 5.69 Å². The van der Waals surface area contributed by atoms with Gasteiger partial charge in [0.2, 0.25) is 29.3 Å². The lowest BCUT2D eigenvalue weighted by Crippen LogP contribution is -2.75. The Hall–Kier alpha value is -4.80. The molecule has 8 aliphatic rings. The summed E-state index contributed by atoms with van der Waals surface area (Å²) in [5.41, 5.74) is 1.49. The number of imide groups is 2. The Balaban J connectivity index is 0.754. The minimum atomic E-state index is -0.978. The van der Waals surface area contributed by atoms with Crippen LogP contribution in [0.25, 0.3) is 4.85 Å². The summed E-state index contributed by atoms with van der Waals surface area (Å²) in [6.45, 7) is 19.4. The first-order chi connectivity index (χ1) is 28.5. The lowest BCUT2D eigenvalue weighted by atomic mass is 9.48. The fraction of sp³-hybridized carbons (Fsp3) is 0.587. The number of rotatable bonds is 8. The highest BCUT2D eigenvalue weighted by Crippen LogP contribution is 2.60. The SMILES string of the molecule is [C-]#[N+]c1ccc(OC2C(C)(C)C(NC(=O)C34CCC(C(=O)N5CCC(CN6Cc7cc8c(cc7C6)C(=O)N(C6CCC(=O)NC6=O)C8=O)CC5)(CC3)CC4)C2(C)C)cc1Cl. The molecule has 13 nitrogen and oxygen atoms in total. The number of nitrogens with one attached hydrogen (secondary N) is 2. The largest absolute Gasteiger partial charge is 0.489 e. The molecule has 0 spiro atoms. The fourth-order valence-electron chi connectivity index (χ4n) is 12.3. The Labute approximate surface area is 355 Å². The fourth-order valence-corrected chi connectivity index (χ4v) is 12.5. The van der Waals surface area contributed by atoms with Gasteiger partial charge in [-0.2, -0.15) is 0 Å². The molecule has 0 radical (unpaired) electrons. The zero-order valence-corrected chi connectivity index (χ0v) is 35.6. The minimum absolute atomic E-state index is 0.0861. The van der Waals surface area contributed by atoms with Crippen LogP contribution in [0.1, 0.15) is 124 Å². The van der Waals surface area contributed by atoms with Crippen molar-refractivity contribution in [3.63, 3.8) is 0 Å². The van der Waals surface area contributed by atoms with E-state index in [2.05, 4.69) is 53.0 Å². The van der Waals surface area contributed by atoms with Crippen molar-refractivity contribution in [2.75, 3.05) is 19.6 Å². The van der Waals surface area contributed by atoms with Crippen molar-refractivity contribution < 1.29 is 33.5 Å². The second-order valence-electron chi connectivity index (χ2n) is 19.9. The van der Waals surface area contributed by atoms with Gasteiger partial charge in [-0.3, -0.25) is 43.9 Å². The van der Waals surface area contributed by atoms with E-state index in [0.29, 0.717) is 65.9 Å². The van der Waals surface area contributed by atoms with Crippen LogP contribution in [0.15, 0.2) is 30.3 Å². The Morgan fingerprint density at radius 3 is 2.00 bits per heavy atom. The van der Waals surface area contributed by atoms with Crippen molar-refractivity contribution in [1.82, 2.24) is 25.3 Å². The van der Waals surface area contributed by atoms with Gasteiger partial charge in [0, 0.05) is 66.8 Å². The van der Waals surface area contributed by atoms with Crippen LogP contribution >= 0.6 is 11.6 Å². The molecule has 10 rings (SSSR count). The van der Waals surface area contributed by atoms with E-state index in [1.165, 1.54) is 0 Å². The molecule has 2 saturated heterocycles. The summed E-state index contributed by atoms with van der Waals surface area (Å²) in [5.74, 6) is -0.599. The number of hydrogen-bond donors (Lipinski definition) is 2. The van der Waals surface area contributed by atoms with Crippen LogP contribution < -0.4 is 15.4 Å². The number of amides is 6. The highest BCUT2D eigenvalue weighted by Gasteiger charge is 2.65. The van der Waals surface area contributed by atoms with Crippen LogP contribution in [0.2, 0.25) is 5.02 Å². The van der Waals surface area contributed by atoms with E-state index < -0.39 is 40.5 Å². The van der Waals surface area contributed by atoms with Crippen LogP contribution in [-0.2, 0) is 32.3 Å². The number of hydrogen-bond acceptors (Lipinski definition) is 8. The third-order valence-electron chi connectivity index (χ3n) is 15.6. The molecule has 2 N–H and O–H groups in total. The van der Waals surface area contributed by atoms with Gasteiger partial charge in [0.25, 0.3) is 11.8 Å². The predicted octanol–water partition coefficient (Wildman–Crippen LogP) is 6.19. The summed E-state index contributed by atoms with van der Waals surface area (Å²) in [5, 5.41) is 6.07. The Morgan fingerprint density at radius 2 is 1.45 bits per heavy atom. The number of carbonyl (C=O) groups excluding carboxylic acids is 6. The lowest BCUT2D eigenvalue weighted by Gasteiger charge is -2.64. The molecule has 4 saturated carbocycles. The van der Waals surface area contributed by atoms with E-state index in [-0.39, 0.29) is 47.6 Å².